The van der Waals surface area contributed by atoms with E-state index in [2.05, 4.69) is 4.90 Å². The molecular formula is C13H30N2O3. The van der Waals surface area contributed by atoms with Crippen LogP contribution in [0.15, 0.2) is 0 Å². The van der Waals surface area contributed by atoms with Crippen LogP contribution >= 0.6 is 0 Å². The summed E-state index contributed by atoms with van der Waals surface area (Å²) in [4.78, 5) is 2.35. The molecule has 0 aliphatic rings. The first-order chi connectivity index (χ1) is 8.74. The van der Waals surface area contributed by atoms with Gasteiger partial charge in [-0.2, -0.15) is 0 Å². The van der Waals surface area contributed by atoms with Gasteiger partial charge in [0.05, 0.1) is 6.61 Å². The molecule has 2 N–H and O–H groups in total. The predicted octanol–water partition coefficient (Wildman–Crippen LogP) is 0.725. The van der Waals surface area contributed by atoms with Crippen molar-refractivity contribution in [2.45, 2.75) is 25.3 Å². The highest BCUT2D eigenvalue weighted by molar-refractivity contribution is 4.68. The molecule has 0 bridgehead atoms. The van der Waals surface area contributed by atoms with Crippen molar-refractivity contribution >= 4 is 0 Å². The quantitative estimate of drug-likeness (QED) is 0.496. The normalized spacial score (nSPS) is 13.2. The van der Waals surface area contributed by atoms with Gasteiger partial charge in [0.25, 0.3) is 0 Å². The summed E-state index contributed by atoms with van der Waals surface area (Å²) in [5, 5.41) is 0. The fraction of sp³-hybridized carbons (Fsp3) is 1.00. The standard InChI is InChI=1S/C13H30N2O3/c1-16-9-4-6-13(14)12-15(8-11-18-3)7-5-10-17-2/h13H,4-12,14H2,1-3H3. The van der Waals surface area contributed by atoms with Gasteiger partial charge in [-0.15, -0.1) is 0 Å². The van der Waals surface area contributed by atoms with Crippen molar-refractivity contribution < 1.29 is 14.2 Å². The molecule has 0 radical (unpaired) electrons. The van der Waals surface area contributed by atoms with Crippen LogP contribution in [-0.2, 0) is 14.2 Å². The van der Waals surface area contributed by atoms with Crippen molar-refractivity contribution in [2.24, 2.45) is 5.73 Å². The molecule has 5 heteroatoms. The van der Waals surface area contributed by atoms with E-state index in [1.807, 2.05) is 0 Å². The number of methoxy groups -OCH3 is 3. The van der Waals surface area contributed by atoms with Crippen LogP contribution in [0.2, 0.25) is 0 Å². The van der Waals surface area contributed by atoms with E-state index in [1.54, 1.807) is 21.3 Å². The third kappa shape index (κ3) is 10.9. The maximum absolute atomic E-state index is 6.12. The highest BCUT2D eigenvalue weighted by Crippen LogP contribution is 2.00. The molecule has 5 nitrogen and oxygen atoms in total. The smallest absolute Gasteiger partial charge is 0.0589 e. The fourth-order valence-electron chi connectivity index (χ4n) is 1.86. The van der Waals surface area contributed by atoms with E-state index in [0.717, 1.165) is 58.7 Å². The van der Waals surface area contributed by atoms with Gasteiger partial charge in [-0.1, -0.05) is 0 Å². The molecular weight excluding hydrogens is 232 g/mol. The molecule has 0 heterocycles. The number of hydrogen-bond donors (Lipinski definition) is 1. The Morgan fingerprint density at radius 1 is 0.889 bits per heavy atom. The molecule has 0 saturated heterocycles. The lowest BCUT2D eigenvalue weighted by Gasteiger charge is -2.25. The number of ether oxygens (including phenoxy) is 3. The van der Waals surface area contributed by atoms with Gasteiger partial charge in [0.1, 0.15) is 0 Å². The second-order valence-corrected chi connectivity index (χ2v) is 4.53. The first-order valence-electron chi connectivity index (χ1n) is 6.69. The topological polar surface area (TPSA) is 57.0 Å². The van der Waals surface area contributed by atoms with E-state index in [4.69, 9.17) is 19.9 Å². The van der Waals surface area contributed by atoms with Gasteiger partial charge in [-0.25, -0.2) is 0 Å². The molecule has 0 aromatic heterocycles. The minimum Gasteiger partial charge on any atom is -0.385 e. The maximum Gasteiger partial charge on any atom is 0.0589 e. The summed E-state index contributed by atoms with van der Waals surface area (Å²) in [6.45, 7) is 5.18. The fourth-order valence-corrected chi connectivity index (χ4v) is 1.86. The first kappa shape index (κ1) is 17.8. The second kappa shape index (κ2) is 13.2. The average molecular weight is 262 g/mol. The molecule has 18 heavy (non-hydrogen) atoms. The Bertz CT molecular complexity index is 170. The SMILES string of the molecule is COCCCC(N)CN(CCCOC)CCOC. The Morgan fingerprint density at radius 2 is 1.50 bits per heavy atom. The Hall–Kier alpha value is -0.200. The Morgan fingerprint density at radius 3 is 2.11 bits per heavy atom. The van der Waals surface area contributed by atoms with Crippen LogP contribution in [0.3, 0.4) is 0 Å². The molecule has 0 fully saturated rings. The number of nitrogens with two attached hydrogens (primary N) is 1. The summed E-state index contributed by atoms with van der Waals surface area (Å²) in [6.07, 6.45) is 3.06. The van der Waals surface area contributed by atoms with E-state index in [0.29, 0.717) is 0 Å². The average Bonchev–Trinajstić information content (AvgIpc) is 2.36. The Kier molecular flexibility index (Phi) is 13.1. The molecule has 0 amide bonds. The van der Waals surface area contributed by atoms with Gasteiger partial charge >= 0.3 is 0 Å². The summed E-state index contributed by atoms with van der Waals surface area (Å²) < 4.78 is 15.2. The maximum atomic E-state index is 6.12. The summed E-state index contributed by atoms with van der Waals surface area (Å²) in [6, 6.07) is 0.208. The monoisotopic (exact) mass is 262 g/mol. The van der Waals surface area contributed by atoms with Gasteiger partial charge in [0, 0.05) is 60.2 Å². The van der Waals surface area contributed by atoms with E-state index in [1.165, 1.54) is 0 Å². The van der Waals surface area contributed by atoms with Crippen molar-refractivity contribution in [2.75, 3.05) is 60.8 Å². The molecule has 1 atom stereocenters. The highest BCUT2D eigenvalue weighted by atomic mass is 16.5. The molecule has 0 aliphatic carbocycles. The van der Waals surface area contributed by atoms with Gasteiger partial charge < -0.3 is 19.9 Å². The van der Waals surface area contributed by atoms with Crippen LogP contribution in [-0.4, -0.2) is 71.7 Å². The zero-order valence-electron chi connectivity index (χ0n) is 12.2. The molecule has 0 aliphatic heterocycles. The van der Waals surface area contributed by atoms with Crippen LogP contribution in [0.25, 0.3) is 0 Å². The third-order valence-electron chi connectivity index (χ3n) is 2.85. The Balaban J connectivity index is 3.80. The Labute approximate surface area is 112 Å². The summed E-state index contributed by atoms with van der Waals surface area (Å²) >= 11 is 0. The number of nitrogens with zero attached hydrogens (tertiary/aromatic N) is 1. The van der Waals surface area contributed by atoms with Crippen molar-refractivity contribution in [1.29, 1.82) is 0 Å². The van der Waals surface area contributed by atoms with Gasteiger partial charge in [-0.05, 0) is 19.3 Å². The first-order valence-corrected chi connectivity index (χ1v) is 6.69. The summed E-state index contributed by atoms with van der Waals surface area (Å²) in [7, 11) is 5.18. The van der Waals surface area contributed by atoms with Gasteiger partial charge in [0.15, 0.2) is 0 Å². The lowest BCUT2D eigenvalue weighted by Crippen LogP contribution is -2.40. The van der Waals surface area contributed by atoms with Crippen LogP contribution < -0.4 is 5.73 Å². The van der Waals surface area contributed by atoms with E-state index < -0.39 is 0 Å². The van der Waals surface area contributed by atoms with Crippen molar-refractivity contribution in [3.8, 4) is 0 Å². The van der Waals surface area contributed by atoms with Crippen LogP contribution in [0.1, 0.15) is 19.3 Å². The molecule has 0 aromatic rings. The van der Waals surface area contributed by atoms with Crippen molar-refractivity contribution in [3.63, 3.8) is 0 Å². The zero-order valence-corrected chi connectivity index (χ0v) is 12.2. The molecule has 0 saturated carbocycles. The highest BCUT2D eigenvalue weighted by Gasteiger charge is 2.10. The molecule has 0 spiro atoms. The molecule has 110 valence electrons. The number of rotatable bonds is 13. The minimum absolute atomic E-state index is 0.208. The van der Waals surface area contributed by atoms with Crippen LogP contribution in [0.5, 0.6) is 0 Å². The van der Waals surface area contributed by atoms with Crippen molar-refractivity contribution in [1.82, 2.24) is 4.90 Å². The van der Waals surface area contributed by atoms with Crippen LogP contribution in [0, 0.1) is 0 Å². The molecule has 0 aromatic carbocycles. The van der Waals surface area contributed by atoms with E-state index >= 15 is 0 Å². The van der Waals surface area contributed by atoms with Gasteiger partial charge in [-0.3, -0.25) is 4.90 Å². The van der Waals surface area contributed by atoms with Crippen LogP contribution in [0.4, 0.5) is 0 Å². The lowest BCUT2D eigenvalue weighted by atomic mass is 10.1. The zero-order chi connectivity index (χ0) is 13.6. The molecule has 1 unspecified atom stereocenters. The molecule has 0 rings (SSSR count). The number of hydrogen-bond acceptors (Lipinski definition) is 5. The van der Waals surface area contributed by atoms with Crippen molar-refractivity contribution in [3.05, 3.63) is 0 Å². The van der Waals surface area contributed by atoms with Gasteiger partial charge in [0.2, 0.25) is 0 Å². The minimum atomic E-state index is 0.208. The third-order valence-corrected chi connectivity index (χ3v) is 2.85. The predicted molar refractivity (Wildman–Crippen MR) is 73.9 cm³/mol. The summed E-state index contributed by atoms with van der Waals surface area (Å²) in [5.41, 5.74) is 6.12. The summed E-state index contributed by atoms with van der Waals surface area (Å²) in [5.74, 6) is 0. The lowest BCUT2D eigenvalue weighted by molar-refractivity contribution is 0.126. The second-order valence-electron chi connectivity index (χ2n) is 4.53. The van der Waals surface area contributed by atoms with E-state index in [9.17, 15) is 0 Å². The largest absolute Gasteiger partial charge is 0.385 e. The van der Waals surface area contributed by atoms with E-state index in [-0.39, 0.29) is 6.04 Å².